The molecular formula is C21H43IN6O2. The van der Waals surface area contributed by atoms with Gasteiger partial charge in [-0.15, -0.1) is 24.0 Å². The molecule has 0 aliphatic carbocycles. The Bertz CT molecular complexity index is 558. The minimum Gasteiger partial charge on any atom is -0.444 e. The lowest BCUT2D eigenvalue weighted by Crippen LogP contribution is -2.55. The third-order valence-corrected chi connectivity index (χ3v) is 5.67. The predicted molar refractivity (Wildman–Crippen MR) is 134 cm³/mol. The van der Waals surface area contributed by atoms with Gasteiger partial charge in [0.2, 0.25) is 0 Å². The number of rotatable bonds is 5. The largest absolute Gasteiger partial charge is 0.444 e. The van der Waals surface area contributed by atoms with E-state index in [1.165, 1.54) is 0 Å². The molecule has 0 bridgehead atoms. The highest BCUT2D eigenvalue weighted by atomic mass is 127. The van der Waals surface area contributed by atoms with Gasteiger partial charge in [0.15, 0.2) is 5.96 Å². The van der Waals surface area contributed by atoms with Gasteiger partial charge >= 0.3 is 6.09 Å². The molecule has 30 heavy (non-hydrogen) atoms. The van der Waals surface area contributed by atoms with Crippen LogP contribution in [0, 0.1) is 5.92 Å². The van der Waals surface area contributed by atoms with Crippen molar-refractivity contribution in [2.24, 2.45) is 10.9 Å². The number of nitrogens with one attached hydrogen (secondary N) is 2. The molecule has 0 radical (unpaired) electrons. The summed E-state index contributed by atoms with van der Waals surface area (Å²) in [7, 11) is 4.02. The average molecular weight is 539 g/mol. The molecule has 0 spiro atoms. The molecule has 176 valence electrons. The Labute approximate surface area is 200 Å². The number of halogens is 1. The molecule has 2 saturated heterocycles. The number of hydrogen-bond acceptors (Lipinski definition) is 5. The van der Waals surface area contributed by atoms with E-state index in [9.17, 15) is 4.79 Å². The van der Waals surface area contributed by atoms with Gasteiger partial charge < -0.3 is 25.2 Å². The summed E-state index contributed by atoms with van der Waals surface area (Å²) in [6, 6.07) is 0.570. The van der Waals surface area contributed by atoms with Crippen LogP contribution in [0.1, 0.15) is 41.0 Å². The van der Waals surface area contributed by atoms with Crippen LogP contribution in [-0.2, 0) is 4.74 Å². The third kappa shape index (κ3) is 8.74. The van der Waals surface area contributed by atoms with Crippen LogP contribution in [0.2, 0.25) is 0 Å². The summed E-state index contributed by atoms with van der Waals surface area (Å²) >= 11 is 0. The third-order valence-electron chi connectivity index (χ3n) is 5.67. The quantitative estimate of drug-likeness (QED) is 0.317. The van der Waals surface area contributed by atoms with E-state index in [0.717, 1.165) is 58.2 Å². The van der Waals surface area contributed by atoms with Crippen molar-refractivity contribution in [1.82, 2.24) is 25.3 Å². The van der Waals surface area contributed by atoms with Crippen molar-refractivity contribution in [2.75, 3.05) is 59.9 Å². The number of alkyl carbamates (subject to hydrolysis) is 1. The Hall–Kier alpha value is -0.810. The highest BCUT2D eigenvalue weighted by Gasteiger charge is 2.29. The first-order valence-corrected chi connectivity index (χ1v) is 11.0. The van der Waals surface area contributed by atoms with E-state index >= 15 is 0 Å². The van der Waals surface area contributed by atoms with E-state index < -0.39 is 5.60 Å². The highest BCUT2D eigenvalue weighted by molar-refractivity contribution is 14.0. The Morgan fingerprint density at radius 1 is 1.17 bits per heavy atom. The summed E-state index contributed by atoms with van der Waals surface area (Å²) in [5.41, 5.74) is -0.477. The maximum absolute atomic E-state index is 12.0. The Morgan fingerprint density at radius 3 is 2.33 bits per heavy atom. The lowest BCUT2D eigenvalue weighted by Gasteiger charge is -2.40. The number of ether oxygens (including phenoxy) is 1. The van der Waals surface area contributed by atoms with Crippen LogP contribution in [0.4, 0.5) is 4.79 Å². The second-order valence-corrected chi connectivity index (χ2v) is 9.66. The number of carbonyl (C=O) groups excluding carboxylic acids is 1. The highest BCUT2D eigenvalue weighted by Crippen LogP contribution is 2.15. The number of aliphatic imine (C=N–C) groups is 1. The Balaban J connectivity index is 0.00000450. The molecule has 1 amide bonds. The summed E-state index contributed by atoms with van der Waals surface area (Å²) in [6.45, 7) is 17.2. The molecule has 2 aliphatic rings. The van der Waals surface area contributed by atoms with Crippen molar-refractivity contribution in [3.05, 3.63) is 0 Å². The number of piperazine rings is 1. The number of amides is 1. The number of likely N-dealkylation sites (tertiary alicyclic amines) is 1. The maximum atomic E-state index is 12.0. The van der Waals surface area contributed by atoms with Gasteiger partial charge in [-0.25, -0.2) is 4.79 Å². The smallest absolute Gasteiger partial charge is 0.407 e. The minimum absolute atomic E-state index is 0. The predicted octanol–water partition coefficient (Wildman–Crippen LogP) is 2.05. The van der Waals surface area contributed by atoms with E-state index in [4.69, 9.17) is 4.74 Å². The number of nitrogens with zero attached hydrogens (tertiary/aromatic N) is 4. The van der Waals surface area contributed by atoms with E-state index in [-0.39, 0.29) is 36.1 Å². The molecule has 8 nitrogen and oxygen atoms in total. The number of likely N-dealkylation sites (N-methyl/N-ethyl adjacent to an activating group) is 1. The molecule has 2 fully saturated rings. The first-order chi connectivity index (χ1) is 13.6. The number of carbonyl (C=O) groups is 1. The monoisotopic (exact) mass is 538 g/mol. The summed E-state index contributed by atoms with van der Waals surface area (Å²) < 4.78 is 5.38. The number of guanidine groups is 1. The van der Waals surface area contributed by atoms with Crippen molar-refractivity contribution in [1.29, 1.82) is 0 Å². The maximum Gasteiger partial charge on any atom is 0.407 e. The first kappa shape index (κ1) is 27.2. The molecule has 2 aliphatic heterocycles. The molecule has 0 aromatic rings. The fourth-order valence-electron chi connectivity index (χ4n) is 4.01. The molecule has 0 aromatic carbocycles. The zero-order valence-electron chi connectivity index (χ0n) is 19.9. The second kappa shape index (κ2) is 12.3. The van der Waals surface area contributed by atoms with Crippen LogP contribution in [0.25, 0.3) is 0 Å². The van der Waals surface area contributed by atoms with Crippen LogP contribution >= 0.6 is 24.0 Å². The van der Waals surface area contributed by atoms with Gasteiger partial charge in [-0.2, -0.15) is 0 Å². The van der Waals surface area contributed by atoms with Crippen LogP contribution in [0.3, 0.4) is 0 Å². The van der Waals surface area contributed by atoms with Crippen molar-refractivity contribution in [3.63, 3.8) is 0 Å². The molecular weight excluding hydrogens is 495 g/mol. The van der Waals surface area contributed by atoms with Crippen LogP contribution in [0.15, 0.2) is 4.99 Å². The van der Waals surface area contributed by atoms with Gasteiger partial charge in [0.25, 0.3) is 0 Å². The molecule has 2 N–H and O–H groups in total. The van der Waals surface area contributed by atoms with Crippen molar-refractivity contribution in [2.45, 2.75) is 58.7 Å². The minimum atomic E-state index is -0.477. The van der Waals surface area contributed by atoms with Gasteiger partial charge in [0.1, 0.15) is 5.60 Å². The van der Waals surface area contributed by atoms with Crippen molar-refractivity contribution >= 4 is 36.0 Å². The SMILES string of the molecule is CN=C(NCC(C(C)C)N1CCN(C)CC1)N1CCC(NC(=O)OC(C)(C)C)C1.I. The van der Waals surface area contributed by atoms with E-state index in [1.54, 1.807) is 0 Å². The fourth-order valence-corrected chi connectivity index (χ4v) is 4.01. The molecule has 9 heteroatoms. The topological polar surface area (TPSA) is 72.4 Å². The number of hydrogen-bond donors (Lipinski definition) is 2. The molecule has 0 saturated carbocycles. The summed E-state index contributed by atoms with van der Waals surface area (Å²) in [6.07, 6.45) is 0.550. The van der Waals surface area contributed by atoms with E-state index in [1.807, 2.05) is 27.8 Å². The standard InChI is InChI=1S/C21H42N6O2.HI/c1-16(2)18(26-12-10-25(7)11-13-26)14-23-19(22-6)27-9-8-17(15-27)24-20(28)29-21(3,4)5;/h16-18H,8-15H2,1-7H3,(H,22,23)(H,24,28);1H. The average Bonchev–Trinajstić information content (AvgIpc) is 3.06. The van der Waals surface area contributed by atoms with Crippen LogP contribution in [-0.4, -0.2) is 104 Å². The normalized spacial score (nSPS) is 22.6. The summed E-state index contributed by atoms with van der Waals surface area (Å²) in [5.74, 6) is 1.49. The van der Waals surface area contributed by atoms with Crippen molar-refractivity contribution in [3.8, 4) is 0 Å². The molecule has 2 heterocycles. The summed E-state index contributed by atoms with van der Waals surface area (Å²) in [4.78, 5) is 23.8. The van der Waals surface area contributed by atoms with Crippen molar-refractivity contribution < 1.29 is 9.53 Å². The molecule has 2 unspecified atom stereocenters. The lowest BCUT2D eigenvalue weighted by atomic mass is 10.0. The van der Waals surface area contributed by atoms with Gasteiger partial charge in [-0.05, 0) is 40.2 Å². The fraction of sp³-hybridized carbons (Fsp3) is 0.905. The zero-order valence-corrected chi connectivity index (χ0v) is 22.2. The van der Waals surface area contributed by atoms with E-state index in [0.29, 0.717) is 12.0 Å². The lowest BCUT2D eigenvalue weighted by molar-refractivity contribution is 0.0507. The van der Waals surface area contributed by atoms with Gasteiger partial charge in [-0.1, -0.05) is 13.8 Å². The van der Waals surface area contributed by atoms with Crippen LogP contribution < -0.4 is 10.6 Å². The Kier molecular flexibility index (Phi) is 11.1. The summed E-state index contributed by atoms with van der Waals surface area (Å²) in [5, 5.41) is 6.57. The van der Waals surface area contributed by atoms with Crippen LogP contribution in [0.5, 0.6) is 0 Å². The van der Waals surface area contributed by atoms with E-state index in [2.05, 4.69) is 51.2 Å². The second-order valence-electron chi connectivity index (χ2n) is 9.66. The first-order valence-electron chi connectivity index (χ1n) is 11.0. The molecule has 2 rings (SSSR count). The van der Waals surface area contributed by atoms with Gasteiger partial charge in [0.05, 0.1) is 6.04 Å². The van der Waals surface area contributed by atoms with Gasteiger partial charge in [0, 0.05) is 58.9 Å². The molecule has 2 atom stereocenters. The van der Waals surface area contributed by atoms with Gasteiger partial charge in [-0.3, -0.25) is 9.89 Å². The molecule has 0 aromatic heterocycles. The zero-order chi connectivity index (χ0) is 21.6. The Morgan fingerprint density at radius 2 is 1.80 bits per heavy atom.